The van der Waals surface area contributed by atoms with Gasteiger partial charge in [-0.05, 0) is 37.5 Å². The Hall–Kier alpha value is -1.79. The number of nitrogens with two attached hydrogens (primary N) is 1. The van der Waals surface area contributed by atoms with Crippen LogP contribution in [0.15, 0.2) is 24.3 Å². The van der Waals surface area contributed by atoms with Crippen LogP contribution >= 0.6 is 0 Å². The molecular weight excluding hydrogens is 236 g/mol. The van der Waals surface area contributed by atoms with Gasteiger partial charge in [0, 0.05) is 11.5 Å². The predicted molar refractivity (Wildman–Crippen MR) is 76.3 cm³/mol. The molecule has 1 aromatic carbocycles. The summed E-state index contributed by atoms with van der Waals surface area (Å²) in [6.07, 6.45) is 3.25. The number of rotatable bonds is 3. The Labute approximate surface area is 114 Å². The number of nitrogens with one attached hydrogen (secondary N) is 1. The van der Waals surface area contributed by atoms with Crippen molar-refractivity contribution in [2.45, 2.75) is 32.2 Å². The zero-order valence-corrected chi connectivity index (χ0v) is 11.3. The van der Waals surface area contributed by atoms with E-state index in [1.54, 1.807) is 0 Å². The van der Waals surface area contributed by atoms with Gasteiger partial charge in [-0.1, -0.05) is 30.4 Å². The lowest BCUT2D eigenvalue weighted by atomic mass is 9.84. The van der Waals surface area contributed by atoms with Crippen LogP contribution in [0.5, 0.6) is 0 Å². The summed E-state index contributed by atoms with van der Waals surface area (Å²) in [5, 5.41) is 3.07. The molecule has 0 heterocycles. The van der Waals surface area contributed by atoms with Crippen molar-refractivity contribution in [1.29, 1.82) is 0 Å². The van der Waals surface area contributed by atoms with E-state index in [2.05, 4.69) is 17.2 Å². The molecule has 100 valence electrons. The average molecular weight is 256 g/mol. The molecule has 3 N–H and O–H groups in total. The molecule has 3 heteroatoms. The number of benzene rings is 1. The second kappa shape index (κ2) is 6.40. The van der Waals surface area contributed by atoms with Crippen molar-refractivity contribution >= 4 is 5.91 Å². The lowest BCUT2D eigenvalue weighted by Gasteiger charge is -2.26. The highest BCUT2D eigenvalue weighted by atomic mass is 16.1. The van der Waals surface area contributed by atoms with Crippen LogP contribution in [0, 0.1) is 17.8 Å². The highest BCUT2D eigenvalue weighted by Crippen LogP contribution is 2.27. The van der Waals surface area contributed by atoms with E-state index in [-0.39, 0.29) is 17.9 Å². The van der Waals surface area contributed by atoms with Gasteiger partial charge in [0.2, 0.25) is 5.91 Å². The Balaban J connectivity index is 1.94. The van der Waals surface area contributed by atoms with Crippen molar-refractivity contribution < 1.29 is 4.79 Å². The highest BCUT2D eigenvalue weighted by Gasteiger charge is 2.26. The van der Waals surface area contributed by atoms with Crippen LogP contribution in [0.3, 0.4) is 0 Å². The van der Waals surface area contributed by atoms with E-state index in [1.165, 1.54) is 6.42 Å². The Kier molecular flexibility index (Phi) is 4.59. The topological polar surface area (TPSA) is 55.1 Å². The van der Waals surface area contributed by atoms with Gasteiger partial charge < -0.3 is 11.1 Å². The molecule has 0 aliphatic heterocycles. The number of amides is 1. The van der Waals surface area contributed by atoms with Gasteiger partial charge in [-0.2, -0.15) is 0 Å². The van der Waals surface area contributed by atoms with Gasteiger partial charge in [0.15, 0.2) is 0 Å². The third-order valence-corrected chi connectivity index (χ3v) is 3.58. The maximum absolute atomic E-state index is 11.9. The molecule has 1 atom stereocenters. The van der Waals surface area contributed by atoms with Crippen molar-refractivity contribution in [3.8, 4) is 11.8 Å². The molecule has 1 saturated carbocycles. The molecule has 1 aliphatic rings. The standard InChI is InChI=1S/C16H20N2O/c1-12(18-16(19)15-5-2-6-15)14-9-7-13(8-10-14)4-3-11-17/h7-10,12,15H,2,5-6,11,17H2,1H3,(H,18,19). The van der Waals surface area contributed by atoms with Gasteiger partial charge in [0.1, 0.15) is 0 Å². The van der Waals surface area contributed by atoms with Crippen LogP contribution in [-0.2, 0) is 4.79 Å². The van der Waals surface area contributed by atoms with Crippen molar-refractivity contribution in [3.05, 3.63) is 35.4 Å². The minimum Gasteiger partial charge on any atom is -0.349 e. The maximum Gasteiger partial charge on any atom is 0.223 e. The van der Waals surface area contributed by atoms with E-state index in [4.69, 9.17) is 5.73 Å². The second-order valence-corrected chi connectivity index (χ2v) is 4.99. The molecule has 0 saturated heterocycles. The zero-order valence-electron chi connectivity index (χ0n) is 11.3. The molecule has 1 unspecified atom stereocenters. The fourth-order valence-electron chi connectivity index (χ4n) is 2.09. The summed E-state index contributed by atoms with van der Waals surface area (Å²) < 4.78 is 0. The van der Waals surface area contributed by atoms with E-state index in [1.807, 2.05) is 31.2 Å². The first-order valence-electron chi connectivity index (χ1n) is 6.80. The Bertz CT molecular complexity index is 492. The summed E-state index contributed by atoms with van der Waals surface area (Å²) in [4.78, 5) is 11.9. The van der Waals surface area contributed by atoms with E-state index >= 15 is 0 Å². The van der Waals surface area contributed by atoms with Crippen LogP contribution in [0.25, 0.3) is 0 Å². The van der Waals surface area contributed by atoms with Crippen molar-refractivity contribution in [1.82, 2.24) is 5.32 Å². The van der Waals surface area contributed by atoms with Crippen LogP contribution < -0.4 is 11.1 Å². The van der Waals surface area contributed by atoms with Gasteiger partial charge >= 0.3 is 0 Å². The number of carbonyl (C=O) groups excluding carboxylic acids is 1. The quantitative estimate of drug-likeness (QED) is 0.812. The Morgan fingerprint density at radius 2 is 2.11 bits per heavy atom. The van der Waals surface area contributed by atoms with E-state index in [0.717, 1.165) is 24.0 Å². The lowest BCUT2D eigenvalue weighted by molar-refractivity contribution is -0.128. The molecule has 1 fully saturated rings. The van der Waals surface area contributed by atoms with Gasteiger partial charge in [-0.25, -0.2) is 0 Å². The van der Waals surface area contributed by atoms with Crippen molar-refractivity contribution in [2.75, 3.05) is 6.54 Å². The minimum absolute atomic E-state index is 0.0459. The highest BCUT2D eigenvalue weighted by molar-refractivity contribution is 5.79. The number of hydrogen-bond acceptors (Lipinski definition) is 2. The first-order chi connectivity index (χ1) is 9.20. The van der Waals surface area contributed by atoms with Crippen LogP contribution in [0.1, 0.15) is 43.4 Å². The summed E-state index contributed by atoms with van der Waals surface area (Å²) in [5.41, 5.74) is 7.39. The largest absolute Gasteiger partial charge is 0.349 e. The average Bonchev–Trinajstić information content (AvgIpc) is 2.34. The molecule has 0 radical (unpaired) electrons. The molecule has 1 aliphatic carbocycles. The summed E-state index contributed by atoms with van der Waals surface area (Å²) in [6.45, 7) is 2.38. The molecule has 3 nitrogen and oxygen atoms in total. The number of hydrogen-bond donors (Lipinski definition) is 2. The smallest absolute Gasteiger partial charge is 0.223 e. The zero-order chi connectivity index (χ0) is 13.7. The summed E-state index contributed by atoms with van der Waals surface area (Å²) in [7, 11) is 0. The van der Waals surface area contributed by atoms with Crippen LogP contribution in [0.2, 0.25) is 0 Å². The van der Waals surface area contributed by atoms with Crippen molar-refractivity contribution in [3.63, 3.8) is 0 Å². The SMILES string of the molecule is CC(NC(=O)C1CCC1)c1ccc(C#CCN)cc1. The van der Waals surface area contributed by atoms with Crippen molar-refractivity contribution in [2.24, 2.45) is 11.7 Å². The fraction of sp³-hybridized carbons (Fsp3) is 0.438. The van der Waals surface area contributed by atoms with Crippen LogP contribution in [-0.4, -0.2) is 12.5 Å². The van der Waals surface area contributed by atoms with E-state index in [9.17, 15) is 4.79 Å². The molecular formula is C16H20N2O. The fourth-order valence-corrected chi connectivity index (χ4v) is 2.09. The first-order valence-corrected chi connectivity index (χ1v) is 6.80. The summed E-state index contributed by atoms with van der Waals surface area (Å²) >= 11 is 0. The third-order valence-electron chi connectivity index (χ3n) is 3.58. The molecule has 1 amide bonds. The maximum atomic E-state index is 11.9. The summed E-state index contributed by atoms with van der Waals surface area (Å²) in [5.74, 6) is 6.23. The van der Waals surface area contributed by atoms with Crippen LogP contribution in [0.4, 0.5) is 0 Å². The molecule has 19 heavy (non-hydrogen) atoms. The first kappa shape index (κ1) is 13.6. The molecule has 1 aromatic rings. The molecule has 0 spiro atoms. The van der Waals surface area contributed by atoms with E-state index in [0.29, 0.717) is 6.54 Å². The monoisotopic (exact) mass is 256 g/mol. The molecule has 0 aromatic heterocycles. The number of carbonyl (C=O) groups is 1. The molecule has 0 bridgehead atoms. The van der Waals surface area contributed by atoms with Gasteiger partial charge in [-0.3, -0.25) is 4.79 Å². The third kappa shape index (κ3) is 3.59. The normalized spacial score (nSPS) is 15.9. The minimum atomic E-state index is 0.0459. The lowest BCUT2D eigenvalue weighted by Crippen LogP contribution is -2.35. The Morgan fingerprint density at radius 1 is 1.42 bits per heavy atom. The summed E-state index contributed by atoms with van der Waals surface area (Å²) in [6, 6.07) is 7.98. The van der Waals surface area contributed by atoms with Gasteiger partial charge in [0.25, 0.3) is 0 Å². The predicted octanol–water partition coefficient (Wildman–Crippen LogP) is 1.97. The molecule has 2 rings (SSSR count). The van der Waals surface area contributed by atoms with E-state index < -0.39 is 0 Å². The van der Waals surface area contributed by atoms with Gasteiger partial charge in [0.05, 0.1) is 12.6 Å². The van der Waals surface area contributed by atoms with Gasteiger partial charge in [-0.15, -0.1) is 0 Å². The Morgan fingerprint density at radius 3 is 2.63 bits per heavy atom. The second-order valence-electron chi connectivity index (χ2n) is 4.99.